The molecule has 2 aliphatic rings. The molecule has 0 aromatic heterocycles. The van der Waals surface area contributed by atoms with Crippen molar-refractivity contribution >= 4 is 11.8 Å². The predicted octanol–water partition coefficient (Wildman–Crippen LogP) is 1.18. The molecule has 0 aromatic rings. The molecular weight excluding hydrogens is 256 g/mol. The van der Waals surface area contributed by atoms with Gasteiger partial charge in [0.05, 0.1) is 0 Å². The summed E-state index contributed by atoms with van der Waals surface area (Å²) in [7, 11) is 0. The van der Waals surface area contributed by atoms with E-state index in [1.807, 2.05) is 11.8 Å². The number of nitrogens with one attached hydrogen (secondary N) is 1. The minimum atomic E-state index is -0.352. The van der Waals surface area contributed by atoms with Crippen LogP contribution in [0.5, 0.6) is 0 Å². The number of carbonyl (C=O) groups excluding carboxylic acids is 2. The van der Waals surface area contributed by atoms with Gasteiger partial charge in [-0.05, 0) is 24.7 Å². The van der Waals surface area contributed by atoms with Crippen LogP contribution in [0.15, 0.2) is 0 Å². The fourth-order valence-electron chi connectivity index (χ4n) is 2.89. The second-order valence-corrected chi connectivity index (χ2v) is 6.02. The molecule has 2 saturated heterocycles. The molecule has 0 radical (unpaired) electrons. The molecule has 2 atom stereocenters. The first-order valence-electron chi connectivity index (χ1n) is 7.77. The quantitative estimate of drug-likeness (QED) is 0.842. The Balaban J connectivity index is 2.02. The summed E-state index contributed by atoms with van der Waals surface area (Å²) in [6, 6.07) is -0.352. The zero-order chi connectivity index (χ0) is 14.5. The summed E-state index contributed by atoms with van der Waals surface area (Å²) in [5, 5.41) is 2.89. The topological polar surface area (TPSA) is 58.6 Å². The van der Waals surface area contributed by atoms with E-state index < -0.39 is 0 Å². The summed E-state index contributed by atoms with van der Waals surface area (Å²) in [6.45, 7) is 6.98. The molecule has 2 fully saturated rings. The maximum Gasteiger partial charge on any atom is 0.245 e. The van der Waals surface area contributed by atoms with Crippen LogP contribution < -0.4 is 5.32 Å². The van der Waals surface area contributed by atoms with Gasteiger partial charge in [-0.25, -0.2) is 0 Å². The molecule has 2 amide bonds. The van der Waals surface area contributed by atoms with Crippen LogP contribution in [-0.4, -0.2) is 49.1 Å². The van der Waals surface area contributed by atoms with Gasteiger partial charge in [0.1, 0.15) is 6.04 Å². The van der Waals surface area contributed by atoms with E-state index in [1.54, 1.807) is 0 Å². The van der Waals surface area contributed by atoms with Crippen LogP contribution in [0.4, 0.5) is 0 Å². The average molecular weight is 282 g/mol. The smallest absolute Gasteiger partial charge is 0.245 e. The van der Waals surface area contributed by atoms with E-state index in [-0.39, 0.29) is 23.8 Å². The molecule has 0 aliphatic carbocycles. The van der Waals surface area contributed by atoms with Gasteiger partial charge in [-0.3, -0.25) is 9.59 Å². The van der Waals surface area contributed by atoms with Gasteiger partial charge in [-0.2, -0.15) is 0 Å². The number of ether oxygens (including phenoxy) is 1. The van der Waals surface area contributed by atoms with Crippen molar-refractivity contribution in [3.63, 3.8) is 0 Å². The maximum absolute atomic E-state index is 12.6. The van der Waals surface area contributed by atoms with Crippen molar-refractivity contribution < 1.29 is 14.3 Å². The lowest BCUT2D eigenvalue weighted by Crippen LogP contribution is -2.49. The van der Waals surface area contributed by atoms with E-state index in [0.717, 1.165) is 39.0 Å². The molecule has 2 unspecified atom stereocenters. The highest BCUT2D eigenvalue weighted by atomic mass is 16.5. The van der Waals surface area contributed by atoms with Crippen molar-refractivity contribution in [1.29, 1.82) is 0 Å². The number of hydrogen-bond acceptors (Lipinski definition) is 3. The van der Waals surface area contributed by atoms with Crippen LogP contribution in [0.1, 0.15) is 39.5 Å². The summed E-state index contributed by atoms with van der Waals surface area (Å²) in [6.07, 6.45) is 3.34. The Morgan fingerprint density at radius 3 is 2.70 bits per heavy atom. The standard InChI is InChI=1S/C15H26N2O3/c1-3-11(2)14-15(19)17(7-4-13(18)16-14)10-12-5-8-20-9-6-12/h11-12,14H,3-10H2,1-2H3,(H,16,18). The van der Waals surface area contributed by atoms with Crippen LogP contribution in [0.3, 0.4) is 0 Å². The second-order valence-electron chi connectivity index (χ2n) is 6.02. The van der Waals surface area contributed by atoms with Gasteiger partial charge in [-0.1, -0.05) is 20.3 Å². The first kappa shape index (κ1) is 15.3. The molecule has 5 nitrogen and oxygen atoms in total. The van der Waals surface area contributed by atoms with E-state index >= 15 is 0 Å². The van der Waals surface area contributed by atoms with E-state index in [9.17, 15) is 9.59 Å². The highest BCUT2D eigenvalue weighted by Gasteiger charge is 2.33. The summed E-state index contributed by atoms with van der Waals surface area (Å²) < 4.78 is 5.36. The van der Waals surface area contributed by atoms with Gasteiger partial charge in [0.15, 0.2) is 0 Å². The molecule has 0 saturated carbocycles. The van der Waals surface area contributed by atoms with Gasteiger partial charge in [0.2, 0.25) is 11.8 Å². The summed E-state index contributed by atoms with van der Waals surface area (Å²) in [4.78, 5) is 26.3. The molecule has 114 valence electrons. The number of rotatable bonds is 4. The minimum Gasteiger partial charge on any atom is -0.381 e. The zero-order valence-corrected chi connectivity index (χ0v) is 12.6. The normalized spacial score (nSPS) is 27.1. The maximum atomic E-state index is 12.6. The van der Waals surface area contributed by atoms with Gasteiger partial charge in [0, 0.05) is 32.7 Å². The lowest BCUT2D eigenvalue weighted by atomic mass is 9.96. The molecule has 2 aliphatic heterocycles. The predicted molar refractivity (Wildman–Crippen MR) is 76.1 cm³/mol. The van der Waals surface area contributed by atoms with Gasteiger partial charge in [0.25, 0.3) is 0 Å². The molecule has 0 spiro atoms. The molecule has 20 heavy (non-hydrogen) atoms. The van der Waals surface area contributed by atoms with Gasteiger partial charge in [-0.15, -0.1) is 0 Å². The van der Waals surface area contributed by atoms with Gasteiger partial charge >= 0.3 is 0 Å². The summed E-state index contributed by atoms with van der Waals surface area (Å²) in [5.74, 6) is 0.787. The monoisotopic (exact) mass is 282 g/mol. The third-order valence-electron chi connectivity index (χ3n) is 4.54. The largest absolute Gasteiger partial charge is 0.381 e. The van der Waals surface area contributed by atoms with Crippen LogP contribution in [-0.2, 0) is 14.3 Å². The zero-order valence-electron chi connectivity index (χ0n) is 12.6. The van der Waals surface area contributed by atoms with Crippen molar-refractivity contribution in [3.05, 3.63) is 0 Å². The van der Waals surface area contributed by atoms with E-state index in [0.29, 0.717) is 18.9 Å². The highest BCUT2D eigenvalue weighted by Crippen LogP contribution is 2.20. The van der Waals surface area contributed by atoms with Crippen LogP contribution >= 0.6 is 0 Å². The minimum absolute atomic E-state index is 0.00173. The Labute approximate surface area is 121 Å². The Bertz CT molecular complexity index is 353. The fourth-order valence-corrected chi connectivity index (χ4v) is 2.89. The SMILES string of the molecule is CCC(C)C1NC(=O)CCN(CC2CCOCC2)C1=O. The lowest BCUT2D eigenvalue weighted by Gasteiger charge is -2.31. The molecule has 5 heteroatoms. The summed E-state index contributed by atoms with van der Waals surface area (Å²) in [5.41, 5.74) is 0. The molecule has 0 aromatic carbocycles. The Morgan fingerprint density at radius 1 is 1.35 bits per heavy atom. The van der Waals surface area contributed by atoms with Crippen molar-refractivity contribution in [3.8, 4) is 0 Å². The fraction of sp³-hybridized carbons (Fsp3) is 0.867. The molecule has 0 bridgehead atoms. The van der Waals surface area contributed by atoms with Gasteiger partial charge < -0.3 is 15.0 Å². The highest BCUT2D eigenvalue weighted by molar-refractivity contribution is 5.90. The second kappa shape index (κ2) is 7.07. The van der Waals surface area contributed by atoms with E-state index in [2.05, 4.69) is 12.2 Å². The van der Waals surface area contributed by atoms with E-state index in [1.165, 1.54) is 0 Å². The average Bonchev–Trinajstić information content (AvgIpc) is 2.61. The van der Waals surface area contributed by atoms with Crippen molar-refractivity contribution in [2.45, 2.75) is 45.6 Å². The third kappa shape index (κ3) is 3.72. The van der Waals surface area contributed by atoms with Crippen LogP contribution in [0.25, 0.3) is 0 Å². The number of nitrogens with zero attached hydrogens (tertiary/aromatic N) is 1. The molecule has 2 rings (SSSR count). The number of amides is 2. The number of carbonyl (C=O) groups is 2. The van der Waals surface area contributed by atoms with E-state index in [4.69, 9.17) is 4.74 Å². The third-order valence-corrected chi connectivity index (χ3v) is 4.54. The molecule has 2 heterocycles. The van der Waals surface area contributed by atoms with Crippen molar-refractivity contribution in [2.24, 2.45) is 11.8 Å². The first-order chi connectivity index (χ1) is 9.61. The van der Waals surface area contributed by atoms with Crippen molar-refractivity contribution in [1.82, 2.24) is 10.2 Å². The Hall–Kier alpha value is -1.10. The summed E-state index contributed by atoms with van der Waals surface area (Å²) >= 11 is 0. The molecular formula is C15H26N2O3. The van der Waals surface area contributed by atoms with Crippen LogP contribution in [0, 0.1) is 11.8 Å². The molecule has 1 N–H and O–H groups in total. The Kier molecular flexibility index (Phi) is 5.40. The first-order valence-corrected chi connectivity index (χ1v) is 7.77. The van der Waals surface area contributed by atoms with Crippen LogP contribution in [0.2, 0.25) is 0 Å². The number of hydrogen-bond donors (Lipinski definition) is 1. The van der Waals surface area contributed by atoms with Crippen molar-refractivity contribution in [2.75, 3.05) is 26.3 Å². The lowest BCUT2D eigenvalue weighted by molar-refractivity contribution is -0.135. The Morgan fingerprint density at radius 2 is 2.05 bits per heavy atom.